The van der Waals surface area contributed by atoms with Crippen molar-refractivity contribution in [1.29, 1.82) is 0 Å². The minimum Gasteiger partial charge on any atom is -0.370 e. The Morgan fingerprint density at radius 1 is 1.29 bits per heavy atom. The Morgan fingerprint density at radius 2 is 1.96 bits per heavy atom. The molecule has 1 aliphatic rings. The van der Waals surface area contributed by atoms with Gasteiger partial charge in [-0.05, 0) is 51.3 Å². The first-order valence-corrected chi connectivity index (χ1v) is 11.6. The Labute approximate surface area is 166 Å². The van der Waals surface area contributed by atoms with Gasteiger partial charge in [0.1, 0.15) is 16.7 Å². The van der Waals surface area contributed by atoms with Gasteiger partial charge in [0.05, 0.1) is 17.9 Å². The molecule has 2 amide bonds. The molecular formula is C20H29N5O2P+. The third-order valence-corrected chi connectivity index (χ3v) is 9.01. The topological polar surface area (TPSA) is 102 Å². The molecule has 0 aliphatic carbocycles. The number of primary amides is 1. The number of fused-ring (bicyclic) bond motifs is 1. The lowest BCUT2D eigenvalue weighted by atomic mass is 9.99. The number of hydrogen-bond acceptors (Lipinski definition) is 4. The molecule has 2 aromatic rings. The normalized spacial score (nSPS) is 17.1. The van der Waals surface area contributed by atoms with Crippen LogP contribution in [0.2, 0.25) is 0 Å². The van der Waals surface area contributed by atoms with E-state index in [0.717, 1.165) is 24.7 Å². The van der Waals surface area contributed by atoms with Crippen molar-refractivity contribution in [1.82, 2.24) is 14.9 Å². The summed E-state index contributed by atoms with van der Waals surface area (Å²) in [7, 11) is -2.72. The number of nitrogens with one attached hydrogen (secondary N) is 2. The van der Waals surface area contributed by atoms with Crippen molar-refractivity contribution in [3.8, 4) is 0 Å². The number of carbonyl (C=O) groups excluding carboxylic acids is 2. The molecule has 1 aliphatic heterocycles. The summed E-state index contributed by atoms with van der Waals surface area (Å²) < 4.78 is 1.85. The van der Waals surface area contributed by atoms with Gasteiger partial charge in [-0.15, -0.1) is 0 Å². The molecular weight excluding hydrogens is 373 g/mol. The highest BCUT2D eigenvalue weighted by Crippen LogP contribution is 2.53. The minimum atomic E-state index is -2.72. The number of carbonyl (C=O) groups is 2. The Hall–Kier alpha value is -2.40. The highest BCUT2D eigenvalue weighted by Gasteiger charge is 2.49. The average molecular weight is 402 g/mol. The molecule has 28 heavy (non-hydrogen) atoms. The smallest absolute Gasteiger partial charge is 0.370 e. The SMILES string of the molecule is CCc1ccc([P+](CC)(NC(=O)c2cnn3c2NCCC3(C)C)C(N)=O)cc1. The molecule has 1 aromatic heterocycles. The lowest BCUT2D eigenvalue weighted by molar-refractivity contribution is 0.0982. The summed E-state index contributed by atoms with van der Waals surface area (Å²) in [4.78, 5) is 25.7. The zero-order valence-corrected chi connectivity index (χ0v) is 17.8. The molecule has 0 saturated carbocycles. The Morgan fingerprint density at radius 3 is 2.54 bits per heavy atom. The summed E-state index contributed by atoms with van der Waals surface area (Å²) >= 11 is 0. The number of aryl methyl sites for hydroxylation is 1. The van der Waals surface area contributed by atoms with Crippen molar-refractivity contribution in [2.75, 3.05) is 18.0 Å². The number of hydrogen-bond donors (Lipinski definition) is 3. The summed E-state index contributed by atoms with van der Waals surface area (Å²) in [5, 5.41) is 11.5. The second-order valence-corrected chi connectivity index (χ2v) is 11.2. The molecule has 0 spiro atoms. The van der Waals surface area contributed by atoms with Crippen LogP contribution in [-0.2, 0) is 12.0 Å². The van der Waals surface area contributed by atoms with E-state index < -0.39 is 13.1 Å². The van der Waals surface area contributed by atoms with E-state index in [1.54, 1.807) is 6.20 Å². The fourth-order valence-corrected chi connectivity index (χ4v) is 6.07. The summed E-state index contributed by atoms with van der Waals surface area (Å²) in [6.45, 7) is 8.91. The van der Waals surface area contributed by atoms with Gasteiger partial charge < -0.3 is 11.1 Å². The largest absolute Gasteiger partial charge is 0.384 e. The quantitative estimate of drug-likeness (QED) is 0.646. The first-order chi connectivity index (χ1) is 13.2. The van der Waals surface area contributed by atoms with Crippen LogP contribution in [0.15, 0.2) is 30.5 Å². The van der Waals surface area contributed by atoms with Gasteiger partial charge in [-0.3, -0.25) is 4.79 Å². The molecule has 0 bridgehead atoms. The summed E-state index contributed by atoms with van der Waals surface area (Å²) in [6.07, 6.45) is 3.85. The van der Waals surface area contributed by atoms with E-state index in [4.69, 9.17) is 5.73 Å². The second-order valence-electron chi connectivity index (χ2n) is 7.73. The maximum atomic E-state index is 13.2. The van der Waals surface area contributed by atoms with E-state index in [1.807, 2.05) is 35.9 Å². The standard InChI is InChI=1S/C20H28N5O2P/c1-5-14-7-9-15(10-8-14)28(6-2,19(21)27)24-18(26)16-13-23-25-17(16)22-12-11-20(25,3)4/h7-10,13H,5-6,11-12H2,1-4H3,(H3-,21,22,23,24,26,27)/p+1. The molecule has 8 heteroatoms. The number of aromatic nitrogens is 2. The van der Waals surface area contributed by atoms with Gasteiger partial charge in [0, 0.05) is 6.54 Å². The lowest BCUT2D eigenvalue weighted by Crippen LogP contribution is -2.40. The monoisotopic (exact) mass is 402 g/mol. The molecule has 7 nitrogen and oxygen atoms in total. The first-order valence-electron chi connectivity index (χ1n) is 9.67. The molecule has 3 rings (SSSR count). The minimum absolute atomic E-state index is 0.171. The highest BCUT2D eigenvalue weighted by atomic mass is 31.2. The number of rotatable bonds is 6. The molecule has 150 valence electrons. The first kappa shape index (κ1) is 20.3. The van der Waals surface area contributed by atoms with Gasteiger partial charge in [0.15, 0.2) is 0 Å². The van der Waals surface area contributed by atoms with Crippen molar-refractivity contribution < 1.29 is 9.59 Å². The van der Waals surface area contributed by atoms with Crippen LogP contribution < -0.4 is 21.4 Å². The molecule has 4 N–H and O–H groups in total. The van der Waals surface area contributed by atoms with Gasteiger partial charge in [-0.1, -0.05) is 19.1 Å². The third-order valence-electron chi connectivity index (χ3n) is 5.54. The zero-order chi connectivity index (χ0) is 20.5. The van der Waals surface area contributed by atoms with E-state index in [-0.39, 0.29) is 11.4 Å². The van der Waals surface area contributed by atoms with Gasteiger partial charge in [-0.25, -0.2) is 14.6 Å². The van der Waals surface area contributed by atoms with Crippen molar-refractivity contribution in [3.63, 3.8) is 0 Å². The molecule has 1 unspecified atom stereocenters. The van der Waals surface area contributed by atoms with E-state index in [1.165, 1.54) is 5.56 Å². The molecule has 1 atom stereocenters. The van der Waals surface area contributed by atoms with E-state index in [9.17, 15) is 9.59 Å². The molecule has 0 saturated heterocycles. The highest BCUT2D eigenvalue weighted by molar-refractivity contribution is 7.95. The van der Waals surface area contributed by atoms with Crippen LogP contribution in [0.5, 0.6) is 0 Å². The van der Waals surface area contributed by atoms with Gasteiger partial charge in [0.2, 0.25) is 7.41 Å². The second kappa shape index (κ2) is 7.55. The molecule has 0 fully saturated rings. The van der Waals surface area contributed by atoms with Crippen LogP contribution in [0.3, 0.4) is 0 Å². The van der Waals surface area contributed by atoms with Crippen LogP contribution in [0.1, 0.15) is 50.0 Å². The Bertz CT molecular complexity index is 891. The predicted molar refractivity (Wildman–Crippen MR) is 115 cm³/mol. The van der Waals surface area contributed by atoms with Crippen molar-refractivity contribution in [2.24, 2.45) is 5.73 Å². The lowest BCUT2D eigenvalue weighted by Gasteiger charge is -2.32. The van der Waals surface area contributed by atoms with E-state index in [2.05, 4.69) is 36.3 Å². The van der Waals surface area contributed by atoms with Crippen LogP contribution in [0, 0.1) is 0 Å². The van der Waals surface area contributed by atoms with E-state index >= 15 is 0 Å². The van der Waals surface area contributed by atoms with E-state index in [0.29, 0.717) is 17.5 Å². The number of nitrogens with zero attached hydrogens (tertiary/aromatic N) is 2. The average Bonchev–Trinajstić information content (AvgIpc) is 3.11. The molecule has 0 radical (unpaired) electrons. The van der Waals surface area contributed by atoms with Crippen molar-refractivity contribution in [2.45, 2.75) is 46.1 Å². The number of benzene rings is 1. The van der Waals surface area contributed by atoms with Crippen LogP contribution in [0.25, 0.3) is 0 Å². The molecule has 2 heterocycles. The summed E-state index contributed by atoms with van der Waals surface area (Å²) in [5.41, 5.74) is 6.80. The van der Waals surface area contributed by atoms with Crippen molar-refractivity contribution >= 4 is 30.1 Å². The number of anilines is 1. The van der Waals surface area contributed by atoms with Gasteiger partial charge >= 0.3 is 5.65 Å². The maximum absolute atomic E-state index is 13.2. The number of amides is 2. The van der Waals surface area contributed by atoms with Crippen molar-refractivity contribution in [3.05, 3.63) is 41.6 Å². The zero-order valence-electron chi connectivity index (χ0n) is 17.0. The van der Waals surface area contributed by atoms with Crippen LogP contribution >= 0.6 is 7.41 Å². The Balaban J connectivity index is 1.97. The van der Waals surface area contributed by atoms with Gasteiger partial charge in [-0.2, -0.15) is 5.10 Å². The van der Waals surface area contributed by atoms with Crippen LogP contribution in [0.4, 0.5) is 10.6 Å². The third kappa shape index (κ3) is 3.39. The van der Waals surface area contributed by atoms with Crippen LogP contribution in [-0.4, -0.2) is 34.0 Å². The summed E-state index contributed by atoms with van der Waals surface area (Å²) in [5.74, 6) is 0.369. The van der Waals surface area contributed by atoms with Gasteiger partial charge in [0.25, 0.3) is 5.91 Å². The molecule has 1 aromatic carbocycles. The Kier molecular flexibility index (Phi) is 5.48. The predicted octanol–water partition coefficient (Wildman–Crippen LogP) is 3.08. The number of nitrogens with two attached hydrogens (primary N) is 1. The fraction of sp³-hybridized carbons (Fsp3) is 0.450. The summed E-state index contributed by atoms with van der Waals surface area (Å²) in [6, 6.07) is 7.80. The maximum Gasteiger partial charge on any atom is 0.384 e. The fourth-order valence-electron chi connectivity index (χ4n) is 3.62.